The third kappa shape index (κ3) is 4.37. The van der Waals surface area contributed by atoms with Crippen molar-refractivity contribution < 1.29 is 27.1 Å². The molecule has 2 unspecified atom stereocenters. The molecule has 0 radical (unpaired) electrons. The monoisotopic (exact) mass is 370 g/mol. The summed E-state index contributed by atoms with van der Waals surface area (Å²) in [7, 11) is 1.54. The first-order valence-electron chi connectivity index (χ1n) is 7.18. The van der Waals surface area contributed by atoms with E-state index in [1.165, 1.54) is 4.90 Å². The molecule has 2 atom stereocenters. The molecule has 1 aliphatic rings. The number of ether oxygens (including phenoxy) is 1. The molecule has 0 aliphatic carbocycles. The molecule has 9 heteroatoms. The minimum Gasteiger partial charge on any atom is -0.381 e. The number of likely N-dealkylation sites (tertiary alicyclic amines) is 1. The van der Waals surface area contributed by atoms with E-state index < -0.39 is 35.1 Å². The summed E-state index contributed by atoms with van der Waals surface area (Å²) in [5.74, 6) is -1.76. The SMILES string of the molecule is COC1CCN(C(=O)c2cc(C(F)(F)F)ccc2F)C(CN)C1.Cl. The molecule has 2 rings (SSSR count). The average molecular weight is 371 g/mol. The maximum absolute atomic E-state index is 13.9. The zero-order chi connectivity index (χ0) is 17.2. The van der Waals surface area contributed by atoms with Gasteiger partial charge >= 0.3 is 6.18 Å². The summed E-state index contributed by atoms with van der Waals surface area (Å²) in [6, 6.07) is 1.43. The van der Waals surface area contributed by atoms with Crippen molar-refractivity contribution in [2.45, 2.75) is 31.2 Å². The summed E-state index contributed by atoms with van der Waals surface area (Å²) in [6.07, 6.45) is -3.71. The number of hydrogen-bond acceptors (Lipinski definition) is 3. The van der Waals surface area contributed by atoms with Crippen LogP contribution in [0.2, 0.25) is 0 Å². The van der Waals surface area contributed by atoms with Crippen molar-refractivity contribution in [3.63, 3.8) is 0 Å². The highest BCUT2D eigenvalue weighted by Crippen LogP contribution is 2.31. The Labute approximate surface area is 143 Å². The van der Waals surface area contributed by atoms with Gasteiger partial charge in [0.1, 0.15) is 5.82 Å². The van der Waals surface area contributed by atoms with Crippen molar-refractivity contribution in [3.05, 3.63) is 35.1 Å². The Morgan fingerprint density at radius 1 is 1.42 bits per heavy atom. The lowest BCUT2D eigenvalue weighted by Crippen LogP contribution is -2.51. The van der Waals surface area contributed by atoms with Crippen molar-refractivity contribution in [2.24, 2.45) is 5.73 Å². The topological polar surface area (TPSA) is 55.6 Å². The molecule has 1 fully saturated rings. The first-order chi connectivity index (χ1) is 10.8. The van der Waals surface area contributed by atoms with Crippen LogP contribution >= 0.6 is 12.4 Å². The second-order valence-corrected chi connectivity index (χ2v) is 5.46. The number of benzene rings is 1. The van der Waals surface area contributed by atoms with Crippen LogP contribution < -0.4 is 5.73 Å². The normalized spacial score (nSPS) is 21.3. The fraction of sp³-hybridized carbons (Fsp3) is 0.533. The number of amides is 1. The van der Waals surface area contributed by atoms with Crippen LogP contribution in [0.4, 0.5) is 17.6 Å². The number of methoxy groups -OCH3 is 1. The van der Waals surface area contributed by atoms with E-state index >= 15 is 0 Å². The summed E-state index contributed by atoms with van der Waals surface area (Å²) in [4.78, 5) is 13.8. The van der Waals surface area contributed by atoms with Crippen LogP contribution in [0.15, 0.2) is 18.2 Å². The fourth-order valence-electron chi connectivity index (χ4n) is 2.74. The van der Waals surface area contributed by atoms with Crippen LogP contribution in [0.1, 0.15) is 28.8 Å². The van der Waals surface area contributed by atoms with Gasteiger partial charge in [-0.05, 0) is 31.0 Å². The van der Waals surface area contributed by atoms with Crippen LogP contribution in [-0.2, 0) is 10.9 Å². The maximum atomic E-state index is 13.9. The fourth-order valence-corrected chi connectivity index (χ4v) is 2.74. The molecule has 0 saturated carbocycles. The van der Waals surface area contributed by atoms with Crippen LogP contribution in [0.25, 0.3) is 0 Å². The van der Waals surface area contributed by atoms with Crippen molar-refractivity contribution in [3.8, 4) is 0 Å². The van der Waals surface area contributed by atoms with E-state index in [0.29, 0.717) is 31.0 Å². The molecule has 2 N–H and O–H groups in total. The smallest absolute Gasteiger partial charge is 0.381 e. The first kappa shape index (κ1) is 20.7. The van der Waals surface area contributed by atoms with Gasteiger partial charge in [0.2, 0.25) is 0 Å². The van der Waals surface area contributed by atoms with Crippen LogP contribution in [0.5, 0.6) is 0 Å². The second kappa shape index (κ2) is 8.13. The Hall–Kier alpha value is -1.38. The molecular weight excluding hydrogens is 352 g/mol. The third-order valence-corrected chi connectivity index (χ3v) is 4.06. The summed E-state index contributed by atoms with van der Waals surface area (Å²) in [6.45, 7) is 0.390. The van der Waals surface area contributed by atoms with E-state index in [2.05, 4.69) is 0 Å². The van der Waals surface area contributed by atoms with E-state index in [1.807, 2.05) is 0 Å². The predicted octanol–water partition coefficient (Wildman–Crippen LogP) is 2.84. The number of halogens is 5. The van der Waals surface area contributed by atoms with Gasteiger partial charge in [-0.15, -0.1) is 12.4 Å². The number of rotatable bonds is 3. The molecule has 0 spiro atoms. The predicted molar refractivity (Wildman–Crippen MR) is 82.6 cm³/mol. The first-order valence-corrected chi connectivity index (χ1v) is 7.18. The number of piperidine rings is 1. The number of hydrogen-bond donors (Lipinski definition) is 1. The van der Waals surface area contributed by atoms with Gasteiger partial charge in [-0.2, -0.15) is 13.2 Å². The quantitative estimate of drug-likeness (QED) is 0.832. The Kier molecular flexibility index (Phi) is 7.00. The van der Waals surface area contributed by atoms with Crippen molar-refractivity contribution in [1.82, 2.24) is 4.90 Å². The largest absolute Gasteiger partial charge is 0.416 e. The second-order valence-electron chi connectivity index (χ2n) is 5.46. The van der Waals surface area contributed by atoms with Gasteiger partial charge in [0.15, 0.2) is 0 Å². The molecule has 1 aromatic carbocycles. The van der Waals surface area contributed by atoms with Crippen LogP contribution in [0, 0.1) is 5.82 Å². The van der Waals surface area contributed by atoms with E-state index in [1.54, 1.807) is 7.11 Å². The zero-order valence-electron chi connectivity index (χ0n) is 13.0. The highest BCUT2D eigenvalue weighted by Gasteiger charge is 2.35. The molecule has 24 heavy (non-hydrogen) atoms. The van der Waals surface area contributed by atoms with Crippen molar-refractivity contribution in [2.75, 3.05) is 20.2 Å². The number of alkyl halides is 3. The van der Waals surface area contributed by atoms with Crippen molar-refractivity contribution >= 4 is 18.3 Å². The third-order valence-electron chi connectivity index (χ3n) is 4.06. The molecule has 1 aliphatic heterocycles. The van der Waals surface area contributed by atoms with Gasteiger partial charge in [-0.25, -0.2) is 4.39 Å². The number of nitrogens with two attached hydrogens (primary N) is 1. The zero-order valence-corrected chi connectivity index (χ0v) is 13.8. The van der Waals surface area contributed by atoms with Gasteiger partial charge in [0.25, 0.3) is 5.91 Å². The summed E-state index contributed by atoms with van der Waals surface area (Å²) < 4.78 is 57.4. The molecular formula is C15H19ClF4N2O2. The molecule has 1 amide bonds. The van der Waals surface area contributed by atoms with Crippen LogP contribution in [0.3, 0.4) is 0 Å². The molecule has 1 heterocycles. The van der Waals surface area contributed by atoms with E-state index in [4.69, 9.17) is 10.5 Å². The minimum atomic E-state index is -4.64. The molecule has 1 saturated heterocycles. The molecule has 1 aromatic rings. The molecule has 4 nitrogen and oxygen atoms in total. The average Bonchev–Trinajstić information content (AvgIpc) is 2.52. The lowest BCUT2D eigenvalue weighted by Gasteiger charge is -2.38. The lowest BCUT2D eigenvalue weighted by molar-refractivity contribution is -0.137. The Bertz CT molecular complexity index is 583. The Balaban J connectivity index is 0.00000288. The van der Waals surface area contributed by atoms with Gasteiger partial charge in [-0.3, -0.25) is 4.79 Å². The standard InChI is InChI=1S/C15H18F4N2O2.ClH/c1-23-11-4-5-21(10(7-11)8-20)14(22)12-6-9(15(17,18)19)2-3-13(12)16;/h2-3,6,10-11H,4-5,7-8,20H2,1H3;1H. The van der Waals surface area contributed by atoms with Gasteiger partial charge in [0, 0.05) is 26.2 Å². The molecule has 136 valence electrons. The number of nitrogens with zero attached hydrogens (tertiary/aromatic N) is 1. The van der Waals surface area contributed by atoms with Crippen molar-refractivity contribution in [1.29, 1.82) is 0 Å². The summed E-state index contributed by atoms with van der Waals surface area (Å²) in [5, 5.41) is 0. The summed E-state index contributed by atoms with van der Waals surface area (Å²) >= 11 is 0. The van der Waals surface area contributed by atoms with E-state index in [-0.39, 0.29) is 31.6 Å². The van der Waals surface area contributed by atoms with Gasteiger partial charge in [0.05, 0.1) is 17.2 Å². The lowest BCUT2D eigenvalue weighted by atomic mass is 9.97. The highest BCUT2D eigenvalue weighted by atomic mass is 35.5. The number of carbonyl (C=O) groups excluding carboxylic acids is 1. The maximum Gasteiger partial charge on any atom is 0.416 e. The number of carbonyl (C=O) groups is 1. The molecule has 0 bridgehead atoms. The van der Waals surface area contributed by atoms with E-state index in [0.717, 1.165) is 0 Å². The molecule has 0 aromatic heterocycles. The van der Waals surface area contributed by atoms with Gasteiger partial charge < -0.3 is 15.4 Å². The highest BCUT2D eigenvalue weighted by molar-refractivity contribution is 5.95. The van der Waals surface area contributed by atoms with Gasteiger partial charge in [-0.1, -0.05) is 0 Å². The van der Waals surface area contributed by atoms with Crippen LogP contribution in [-0.4, -0.2) is 43.2 Å². The Morgan fingerprint density at radius 2 is 2.08 bits per heavy atom. The minimum absolute atomic E-state index is 0. The van der Waals surface area contributed by atoms with E-state index in [9.17, 15) is 22.4 Å². The Morgan fingerprint density at radius 3 is 2.62 bits per heavy atom. The summed E-state index contributed by atoms with van der Waals surface area (Å²) in [5.41, 5.74) is 3.99.